The number of H-pyrrole nitrogens is 1. The van der Waals surface area contributed by atoms with Gasteiger partial charge in [0.2, 0.25) is 0 Å². The molecule has 3 heterocycles. The molecule has 8 heteroatoms. The van der Waals surface area contributed by atoms with Gasteiger partial charge in [-0.15, -0.1) is 0 Å². The number of aromatic nitrogens is 3. The fourth-order valence-corrected chi connectivity index (χ4v) is 3.80. The van der Waals surface area contributed by atoms with E-state index in [4.69, 9.17) is 0 Å². The first-order valence-electron chi connectivity index (χ1n) is 8.62. The van der Waals surface area contributed by atoms with Crippen LogP contribution in [0.5, 0.6) is 0 Å². The van der Waals surface area contributed by atoms with Crippen molar-refractivity contribution in [2.45, 2.75) is 38.1 Å². The smallest absolute Gasteiger partial charge is 0.306 e. The maximum atomic E-state index is 14.0. The van der Waals surface area contributed by atoms with E-state index in [1.807, 2.05) is 0 Å². The summed E-state index contributed by atoms with van der Waals surface area (Å²) in [6.07, 6.45) is 3.71. The molecule has 26 heavy (non-hydrogen) atoms. The Morgan fingerprint density at radius 3 is 2.85 bits per heavy atom. The first kappa shape index (κ1) is 16.7. The number of nitrogens with one attached hydrogen (secondary N) is 1. The molecular weight excluding hydrogens is 339 g/mol. The summed E-state index contributed by atoms with van der Waals surface area (Å²) in [5.74, 6) is -1.92. The van der Waals surface area contributed by atoms with Crippen molar-refractivity contribution >= 4 is 11.9 Å². The van der Waals surface area contributed by atoms with E-state index in [9.17, 15) is 19.1 Å². The average molecular weight is 358 g/mol. The molecule has 2 aliphatic rings. The van der Waals surface area contributed by atoms with Crippen LogP contribution < -0.4 is 0 Å². The van der Waals surface area contributed by atoms with Crippen molar-refractivity contribution in [1.29, 1.82) is 0 Å². The van der Waals surface area contributed by atoms with Gasteiger partial charge >= 0.3 is 5.97 Å². The van der Waals surface area contributed by atoms with Crippen molar-refractivity contribution in [3.63, 3.8) is 0 Å². The van der Waals surface area contributed by atoms with Crippen molar-refractivity contribution in [2.24, 2.45) is 5.92 Å². The maximum absolute atomic E-state index is 14.0. The zero-order valence-electron chi connectivity index (χ0n) is 14.3. The summed E-state index contributed by atoms with van der Waals surface area (Å²) >= 11 is 0. The maximum Gasteiger partial charge on any atom is 0.306 e. The van der Waals surface area contributed by atoms with Gasteiger partial charge in [-0.05, 0) is 44.7 Å². The second kappa shape index (κ2) is 5.89. The standard InChI is InChI=1S/C18H19FN4O3/c1-10-6-12(13(19)9-20-10)14-7-15(22-21-14)16(24)23-5-2-11(17(25)26)8-18(23)3-4-18/h6-7,9,11H,2-5,8H2,1H3,(H,21,22)(H,25,26)/t11-/m0/s1. The van der Waals surface area contributed by atoms with Crippen LogP contribution in [-0.2, 0) is 4.79 Å². The van der Waals surface area contributed by atoms with E-state index in [-0.39, 0.29) is 17.1 Å². The largest absolute Gasteiger partial charge is 0.481 e. The normalized spacial score (nSPS) is 21.0. The first-order chi connectivity index (χ1) is 12.4. The molecule has 7 nitrogen and oxygen atoms in total. The number of carbonyl (C=O) groups excluding carboxylic acids is 1. The number of piperidine rings is 1. The van der Waals surface area contributed by atoms with E-state index in [0.29, 0.717) is 36.3 Å². The third-order valence-electron chi connectivity index (χ3n) is 5.40. The second-order valence-corrected chi connectivity index (χ2v) is 7.18. The average Bonchev–Trinajstić information content (AvgIpc) is 3.19. The number of aromatic amines is 1. The molecule has 1 spiro atoms. The second-order valence-electron chi connectivity index (χ2n) is 7.18. The van der Waals surface area contributed by atoms with E-state index in [1.54, 1.807) is 24.0 Å². The number of pyridine rings is 1. The molecule has 136 valence electrons. The van der Waals surface area contributed by atoms with Gasteiger partial charge in [-0.1, -0.05) is 0 Å². The fraction of sp³-hybridized carbons (Fsp3) is 0.444. The molecule has 2 N–H and O–H groups in total. The first-order valence-corrected chi connectivity index (χ1v) is 8.62. The number of likely N-dealkylation sites (tertiary alicyclic amines) is 1. The molecule has 2 aromatic rings. The number of aliphatic carboxylic acids is 1. The SMILES string of the molecule is Cc1cc(-c2cc(C(=O)N3CC[C@H](C(=O)O)CC34CC4)n[nH]2)c(F)cn1. The summed E-state index contributed by atoms with van der Waals surface area (Å²) < 4.78 is 14.0. The van der Waals surface area contributed by atoms with Crippen molar-refractivity contribution < 1.29 is 19.1 Å². The monoisotopic (exact) mass is 358 g/mol. The number of carboxylic acid groups (broad SMARTS) is 1. The summed E-state index contributed by atoms with van der Waals surface area (Å²) in [4.78, 5) is 29.8. The molecule has 1 saturated heterocycles. The third-order valence-corrected chi connectivity index (χ3v) is 5.40. The molecule has 0 unspecified atom stereocenters. The van der Waals surface area contributed by atoms with E-state index >= 15 is 0 Å². The predicted molar refractivity (Wildman–Crippen MR) is 89.9 cm³/mol. The molecule has 1 atom stereocenters. The van der Waals surface area contributed by atoms with Gasteiger partial charge in [-0.25, -0.2) is 4.39 Å². The van der Waals surface area contributed by atoms with Crippen LogP contribution in [0.3, 0.4) is 0 Å². The number of rotatable bonds is 3. The highest BCUT2D eigenvalue weighted by Crippen LogP contribution is 2.50. The van der Waals surface area contributed by atoms with Gasteiger partial charge < -0.3 is 10.0 Å². The number of carbonyl (C=O) groups is 2. The van der Waals surface area contributed by atoms with E-state index in [0.717, 1.165) is 19.0 Å². The van der Waals surface area contributed by atoms with Crippen LogP contribution >= 0.6 is 0 Å². The number of aryl methyl sites for hydroxylation is 1. The van der Waals surface area contributed by atoms with Crippen LogP contribution in [0.25, 0.3) is 11.3 Å². The Kier molecular flexibility index (Phi) is 3.78. The number of nitrogens with zero attached hydrogens (tertiary/aromatic N) is 3. The lowest BCUT2D eigenvalue weighted by Gasteiger charge is -2.38. The highest BCUT2D eigenvalue weighted by Gasteiger charge is 2.54. The van der Waals surface area contributed by atoms with Crippen LogP contribution in [0.2, 0.25) is 0 Å². The molecular formula is C18H19FN4O3. The summed E-state index contributed by atoms with van der Waals surface area (Å²) in [5.41, 5.74) is 1.26. The van der Waals surface area contributed by atoms with Crippen molar-refractivity contribution in [3.8, 4) is 11.3 Å². The molecule has 2 aromatic heterocycles. The van der Waals surface area contributed by atoms with E-state index in [1.165, 1.54) is 0 Å². The Labute approximate surface area is 149 Å². The molecule has 1 saturated carbocycles. The minimum Gasteiger partial charge on any atom is -0.481 e. The van der Waals surface area contributed by atoms with Crippen LogP contribution in [0.1, 0.15) is 41.9 Å². The van der Waals surface area contributed by atoms with Gasteiger partial charge in [-0.2, -0.15) is 5.10 Å². The summed E-state index contributed by atoms with van der Waals surface area (Å²) in [6.45, 7) is 2.16. The molecule has 1 aliphatic heterocycles. The predicted octanol–water partition coefficient (Wildman–Crippen LogP) is 2.39. The zero-order chi connectivity index (χ0) is 18.5. The highest BCUT2D eigenvalue weighted by molar-refractivity contribution is 5.94. The topological polar surface area (TPSA) is 99.2 Å². The summed E-state index contributed by atoms with van der Waals surface area (Å²) in [7, 11) is 0. The Balaban J connectivity index is 1.58. The van der Waals surface area contributed by atoms with Gasteiger partial charge in [0.1, 0.15) is 0 Å². The summed E-state index contributed by atoms with van der Waals surface area (Å²) in [6, 6.07) is 3.14. The molecule has 2 fully saturated rings. The van der Waals surface area contributed by atoms with E-state index in [2.05, 4.69) is 15.2 Å². The molecule has 1 amide bonds. The quantitative estimate of drug-likeness (QED) is 0.878. The third kappa shape index (κ3) is 2.75. The summed E-state index contributed by atoms with van der Waals surface area (Å²) in [5, 5.41) is 16.0. The van der Waals surface area contributed by atoms with Gasteiger partial charge in [0, 0.05) is 23.3 Å². The van der Waals surface area contributed by atoms with Crippen LogP contribution in [-0.4, -0.2) is 49.1 Å². The lowest BCUT2D eigenvalue weighted by molar-refractivity contribution is -0.144. The van der Waals surface area contributed by atoms with Crippen molar-refractivity contribution in [2.75, 3.05) is 6.54 Å². The Morgan fingerprint density at radius 2 is 2.15 bits per heavy atom. The zero-order valence-corrected chi connectivity index (χ0v) is 14.3. The minimum absolute atomic E-state index is 0.217. The van der Waals surface area contributed by atoms with Crippen molar-refractivity contribution in [1.82, 2.24) is 20.1 Å². The van der Waals surface area contributed by atoms with Crippen molar-refractivity contribution in [3.05, 3.63) is 35.5 Å². The van der Waals surface area contributed by atoms with Gasteiger partial charge in [-0.3, -0.25) is 19.7 Å². The fourth-order valence-electron chi connectivity index (χ4n) is 3.80. The lowest BCUT2D eigenvalue weighted by atomic mass is 9.89. The lowest BCUT2D eigenvalue weighted by Crippen LogP contribution is -2.49. The number of halogens is 1. The molecule has 0 aromatic carbocycles. The van der Waals surface area contributed by atoms with Crippen LogP contribution in [0, 0.1) is 18.7 Å². The van der Waals surface area contributed by atoms with Crippen LogP contribution in [0.4, 0.5) is 4.39 Å². The number of amides is 1. The Hall–Kier alpha value is -2.77. The van der Waals surface area contributed by atoms with Gasteiger partial charge in [0.15, 0.2) is 11.5 Å². The highest BCUT2D eigenvalue weighted by atomic mass is 19.1. The molecule has 0 radical (unpaired) electrons. The van der Waals surface area contributed by atoms with Gasteiger partial charge in [0.25, 0.3) is 5.91 Å². The minimum atomic E-state index is -0.797. The molecule has 1 aliphatic carbocycles. The number of hydrogen-bond acceptors (Lipinski definition) is 4. The van der Waals surface area contributed by atoms with Gasteiger partial charge in [0.05, 0.1) is 17.8 Å². The van der Waals surface area contributed by atoms with Crippen LogP contribution in [0.15, 0.2) is 18.3 Å². The van der Waals surface area contributed by atoms with E-state index < -0.39 is 17.7 Å². The molecule has 0 bridgehead atoms. The Bertz CT molecular complexity index is 890. The molecule has 4 rings (SSSR count). The Morgan fingerprint density at radius 1 is 1.38 bits per heavy atom. The number of hydrogen-bond donors (Lipinski definition) is 2. The number of carboxylic acids is 1.